The fraction of sp³-hybridized carbons (Fsp3) is 0.652. The molecule has 0 aliphatic carbocycles. The molecular formula is C23H38ClN3O2. The van der Waals surface area contributed by atoms with Crippen molar-refractivity contribution in [2.75, 3.05) is 13.1 Å². The zero-order valence-electron chi connectivity index (χ0n) is 18.0. The highest BCUT2D eigenvalue weighted by molar-refractivity contribution is 5.85. The van der Waals surface area contributed by atoms with E-state index in [0.29, 0.717) is 24.7 Å². The summed E-state index contributed by atoms with van der Waals surface area (Å²) >= 11 is 0. The van der Waals surface area contributed by atoms with Gasteiger partial charge < -0.3 is 14.9 Å². The smallest absolute Gasteiger partial charge is 0.229 e. The number of nitrogens with one attached hydrogen (secondary N) is 1. The van der Waals surface area contributed by atoms with Gasteiger partial charge in [-0.3, -0.25) is 0 Å². The molecule has 0 aliphatic rings. The SMILES string of the molecule is CCCCCCCCCCc1ccc(-c2noc(CC(O)CNCC)n2)cc1.Cl. The summed E-state index contributed by atoms with van der Waals surface area (Å²) in [6.45, 7) is 5.63. The van der Waals surface area contributed by atoms with E-state index in [-0.39, 0.29) is 12.4 Å². The van der Waals surface area contributed by atoms with Gasteiger partial charge in [0.2, 0.25) is 11.7 Å². The second-order valence-corrected chi connectivity index (χ2v) is 7.60. The van der Waals surface area contributed by atoms with Crippen molar-refractivity contribution in [2.45, 2.75) is 84.2 Å². The zero-order valence-corrected chi connectivity index (χ0v) is 18.8. The van der Waals surface area contributed by atoms with Crippen molar-refractivity contribution in [2.24, 2.45) is 0 Å². The minimum Gasteiger partial charge on any atom is -0.391 e. The summed E-state index contributed by atoms with van der Waals surface area (Å²) in [6.07, 6.45) is 11.8. The first-order valence-corrected chi connectivity index (χ1v) is 11.0. The van der Waals surface area contributed by atoms with Crippen LogP contribution in [0.15, 0.2) is 28.8 Å². The molecule has 29 heavy (non-hydrogen) atoms. The minimum absolute atomic E-state index is 0. The Hall–Kier alpha value is -1.43. The Morgan fingerprint density at radius 1 is 0.966 bits per heavy atom. The van der Waals surface area contributed by atoms with Gasteiger partial charge in [0.15, 0.2) is 0 Å². The summed E-state index contributed by atoms with van der Waals surface area (Å²) in [5.74, 6) is 1.06. The Balaban J connectivity index is 0.00000420. The van der Waals surface area contributed by atoms with Crippen LogP contribution in [0.5, 0.6) is 0 Å². The molecule has 2 aromatic rings. The number of likely N-dealkylation sites (N-methyl/N-ethyl adjacent to an activating group) is 1. The van der Waals surface area contributed by atoms with Crippen molar-refractivity contribution in [3.8, 4) is 11.4 Å². The first-order valence-electron chi connectivity index (χ1n) is 11.0. The summed E-state index contributed by atoms with van der Waals surface area (Å²) in [5, 5.41) is 17.1. The summed E-state index contributed by atoms with van der Waals surface area (Å²) < 4.78 is 5.28. The molecule has 0 spiro atoms. The van der Waals surface area contributed by atoms with Crippen molar-refractivity contribution >= 4 is 12.4 Å². The van der Waals surface area contributed by atoms with Gasteiger partial charge in [-0.2, -0.15) is 4.98 Å². The molecule has 5 nitrogen and oxygen atoms in total. The van der Waals surface area contributed by atoms with Crippen LogP contribution in [0.1, 0.15) is 76.7 Å². The highest BCUT2D eigenvalue weighted by atomic mass is 35.5. The maximum absolute atomic E-state index is 9.93. The number of rotatable bonds is 15. The van der Waals surface area contributed by atoms with Gasteiger partial charge >= 0.3 is 0 Å². The Kier molecular flexibility index (Phi) is 13.6. The summed E-state index contributed by atoms with van der Waals surface area (Å²) in [7, 11) is 0. The largest absolute Gasteiger partial charge is 0.391 e. The molecule has 1 atom stereocenters. The lowest BCUT2D eigenvalue weighted by molar-refractivity contribution is 0.160. The third kappa shape index (κ3) is 10.2. The predicted molar refractivity (Wildman–Crippen MR) is 122 cm³/mol. The molecule has 1 heterocycles. The predicted octanol–water partition coefficient (Wildman–Crippen LogP) is 5.35. The van der Waals surface area contributed by atoms with Gasteiger partial charge in [-0.1, -0.05) is 88.2 Å². The van der Waals surface area contributed by atoms with Crippen LogP contribution in [-0.4, -0.2) is 34.4 Å². The van der Waals surface area contributed by atoms with E-state index in [9.17, 15) is 5.11 Å². The van der Waals surface area contributed by atoms with E-state index in [1.165, 1.54) is 56.9 Å². The third-order valence-electron chi connectivity index (χ3n) is 5.04. The second kappa shape index (κ2) is 15.4. The van der Waals surface area contributed by atoms with Crippen molar-refractivity contribution in [1.29, 1.82) is 0 Å². The normalized spacial score (nSPS) is 12.0. The minimum atomic E-state index is -0.512. The van der Waals surface area contributed by atoms with Crippen LogP contribution in [0.25, 0.3) is 11.4 Å². The number of nitrogens with zero attached hydrogens (tertiary/aromatic N) is 2. The van der Waals surface area contributed by atoms with E-state index >= 15 is 0 Å². The Labute approximate surface area is 182 Å². The van der Waals surface area contributed by atoms with Crippen LogP contribution in [-0.2, 0) is 12.8 Å². The number of aromatic nitrogens is 2. The van der Waals surface area contributed by atoms with Crippen LogP contribution in [0, 0.1) is 0 Å². The molecule has 0 radical (unpaired) electrons. The number of aryl methyl sites for hydroxylation is 1. The van der Waals surface area contributed by atoms with E-state index in [0.717, 1.165) is 18.5 Å². The van der Waals surface area contributed by atoms with Crippen LogP contribution in [0.3, 0.4) is 0 Å². The van der Waals surface area contributed by atoms with Crippen LogP contribution >= 0.6 is 12.4 Å². The molecule has 0 saturated carbocycles. The van der Waals surface area contributed by atoms with Gasteiger partial charge in [-0.25, -0.2) is 0 Å². The summed E-state index contributed by atoms with van der Waals surface area (Å²) in [6, 6.07) is 8.44. The molecule has 0 amide bonds. The zero-order chi connectivity index (χ0) is 20.0. The average Bonchev–Trinajstić information content (AvgIpc) is 3.17. The molecule has 1 aromatic heterocycles. The molecule has 1 unspecified atom stereocenters. The fourth-order valence-corrected chi connectivity index (χ4v) is 3.32. The van der Waals surface area contributed by atoms with Crippen LogP contribution in [0.2, 0.25) is 0 Å². The standard InChI is InChI=1S/C23H37N3O2.ClH/c1-3-5-6-7-8-9-10-11-12-19-13-15-20(16-14-19)23-25-22(28-26-23)17-21(27)18-24-4-2;/h13-16,21,24,27H,3-12,17-18H2,1-2H3;1H. The first-order chi connectivity index (χ1) is 13.7. The highest BCUT2D eigenvalue weighted by Gasteiger charge is 2.13. The molecule has 1 aromatic carbocycles. The lowest BCUT2D eigenvalue weighted by atomic mass is 10.0. The maximum Gasteiger partial charge on any atom is 0.229 e. The molecule has 0 bridgehead atoms. The molecule has 2 N–H and O–H groups in total. The van der Waals surface area contributed by atoms with Gasteiger partial charge in [0.25, 0.3) is 0 Å². The Morgan fingerprint density at radius 2 is 1.62 bits per heavy atom. The van der Waals surface area contributed by atoms with E-state index < -0.39 is 6.10 Å². The van der Waals surface area contributed by atoms with E-state index in [1.54, 1.807) is 0 Å². The van der Waals surface area contributed by atoms with Gasteiger partial charge in [0.05, 0.1) is 12.5 Å². The summed E-state index contributed by atoms with van der Waals surface area (Å²) in [5.41, 5.74) is 2.32. The number of benzene rings is 1. The van der Waals surface area contributed by atoms with E-state index in [4.69, 9.17) is 4.52 Å². The number of unbranched alkanes of at least 4 members (excludes halogenated alkanes) is 7. The van der Waals surface area contributed by atoms with Gasteiger partial charge in [0, 0.05) is 12.1 Å². The molecule has 6 heteroatoms. The van der Waals surface area contributed by atoms with Gasteiger partial charge in [-0.15, -0.1) is 12.4 Å². The monoisotopic (exact) mass is 423 g/mol. The van der Waals surface area contributed by atoms with Crippen LogP contribution in [0.4, 0.5) is 0 Å². The van der Waals surface area contributed by atoms with Crippen molar-refractivity contribution < 1.29 is 9.63 Å². The number of hydrogen-bond acceptors (Lipinski definition) is 5. The van der Waals surface area contributed by atoms with Crippen LogP contribution < -0.4 is 5.32 Å². The topological polar surface area (TPSA) is 71.2 Å². The molecule has 2 rings (SSSR count). The van der Waals surface area contributed by atoms with Crippen molar-refractivity contribution in [3.63, 3.8) is 0 Å². The van der Waals surface area contributed by atoms with E-state index in [2.05, 4.69) is 46.6 Å². The number of hydrogen-bond donors (Lipinski definition) is 2. The Bertz CT molecular complexity index is 646. The first kappa shape index (κ1) is 25.6. The fourth-order valence-electron chi connectivity index (χ4n) is 3.32. The molecule has 0 saturated heterocycles. The highest BCUT2D eigenvalue weighted by Crippen LogP contribution is 2.18. The maximum atomic E-state index is 9.93. The molecule has 0 fully saturated rings. The van der Waals surface area contributed by atoms with Gasteiger partial charge in [-0.05, 0) is 24.9 Å². The summed E-state index contributed by atoms with van der Waals surface area (Å²) in [4.78, 5) is 4.41. The quantitative estimate of drug-likeness (QED) is 0.377. The molecular weight excluding hydrogens is 386 g/mol. The van der Waals surface area contributed by atoms with Crippen molar-refractivity contribution in [3.05, 3.63) is 35.7 Å². The lowest BCUT2D eigenvalue weighted by Crippen LogP contribution is -2.28. The second-order valence-electron chi connectivity index (χ2n) is 7.60. The average molecular weight is 424 g/mol. The third-order valence-corrected chi connectivity index (χ3v) is 5.04. The molecule has 164 valence electrons. The van der Waals surface area contributed by atoms with Crippen molar-refractivity contribution in [1.82, 2.24) is 15.5 Å². The van der Waals surface area contributed by atoms with E-state index in [1.807, 2.05) is 6.92 Å². The Morgan fingerprint density at radius 3 is 2.28 bits per heavy atom. The number of aliphatic hydroxyl groups is 1. The number of aliphatic hydroxyl groups excluding tert-OH is 1. The number of halogens is 1. The lowest BCUT2D eigenvalue weighted by Gasteiger charge is -2.07. The molecule has 0 aliphatic heterocycles. The van der Waals surface area contributed by atoms with Gasteiger partial charge in [0.1, 0.15) is 0 Å².